The molecule has 2 aliphatic rings. The standard InChI is InChI=1S/C16H16N2O3/c19-8-2-1-3-11-6-7-17-14(9-11)18-15(20)12-4-5-13(10-12)16(18)21/h6-7,9,12-13,19H,2,4-5,8,10H2. The van der Waals surface area contributed by atoms with E-state index >= 15 is 0 Å². The first-order valence-electron chi connectivity index (χ1n) is 7.14. The van der Waals surface area contributed by atoms with Gasteiger partial charge in [0.1, 0.15) is 5.82 Å². The van der Waals surface area contributed by atoms with Gasteiger partial charge in [-0.3, -0.25) is 9.59 Å². The summed E-state index contributed by atoms with van der Waals surface area (Å²) in [6, 6.07) is 3.38. The average molecular weight is 284 g/mol. The Morgan fingerprint density at radius 1 is 1.29 bits per heavy atom. The van der Waals surface area contributed by atoms with Crippen molar-refractivity contribution in [1.29, 1.82) is 0 Å². The number of aromatic nitrogens is 1. The third kappa shape index (κ3) is 2.55. The van der Waals surface area contributed by atoms with E-state index in [1.807, 2.05) is 0 Å². The Balaban J connectivity index is 1.90. The summed E-state index contributed by atoms with van der Waals surface area (Å²) in [7, 11) is 0. The van der Waals surface area contributed by atoms with Crippen LogP contribution in [-0.4, -0.2) is 28.5 Å². The van der Waals surface area contributed by atoms with Crippen LogP contribution in [0, 0.1) is 23.7 Å². The highest BCUT2D eigenvalue weighted by Crippen LogP contribution is 2.39. The highest BCUT2D eigenvalue weighted by Gasteiger charge is 2.46. The van der Waals surface area contributed by atoms with Crippen molar-refractivity contribution in [2.24, 2.45) is 11.8 Å². The molecule has 2 unspecified atom stereocenters. The molecule has 0 aromatic carbocycles. The lowest BCUT2D eigenvalue weighted by Crippen LogP contribution is -2.46. The molecule has 0 radical (unpaired) electrons. The minimum atomic E-state index is -0.137. The average Bonchev–Trinajstić information content (AvgIpc) is 2.93. The lowest BCUT2D eigenvalue weighted by atomic mass is 9.97. The molecule has 2 atom stereocenters. The Kier molecular flexibility index (Phi) is 3.72. The number of anilines is 1. The van der Waals surface area contributed by atoms with E-state index in [0.29, 0.717) is 24.2 Å². The first-order valence-corrected chi connectivity index (χ1v) is 7.14. The van der Waals surface area contributed by atoms with Gasteiger partial charge in [-0.15, -0.1) is 0 Å². The van der Waals surface area contributed by atoms with Crippen molar-refractivity contribution in [2.75, 3.05) is 11.5 Å². The van der Waals surface area contributed by atoms with Crippen LogP contribution in [0.4, 0.5) is 5.82 Å². The van der Waals surface area contributed by atoms with Crippen molar-refractivity contribution < 1.29 is 14.7 Å². The van der Waals surface area contributed by atoms with Crippen LogP contribution in [0.15, 0.2) is 18.3 Å². The van der Waals surface area contributed by atoms with Gasteiger partial charge in [0.05, 0.1) is 6.61 Å². The fourth-order valence-corrected chi connectivity index (χ4v) is 2.97. The first kappa shape index (κ1) is 13.8. The van der Waals surface area contributed by atoms with Crippen LogP contribution in [-0.2, 0) is 9.59 Å². The molecule has 108 valence electrons. The molecule has 5 heteroatoms. The number of fused-ring (bicyclic) bond motifs is 2. The van der Waals surface area contributed by atoms with Crippen LogP contribution >= 0.6 is 0 Å². The summed E-state index contributed by atoms with van der Waals surface area (Å²) in [5, 5.41) is 8.73. The second-order valence-corrected chi connectivity index (χ2v) is 5.40. The highest BCUT2D eigenvalue weighted by atomic mass is 16.2. The summed E-state index contributed by atoms with van der Waals surface area (Å²) < 4.78 is 0. The van der Waals surface area contributed by atoms with Crippen LogP contribution in [0.1, 0.15) is 31.2 Å². The normalized spacial score (nSPS) is 24.0. The minimum Gasteiger partial charge on any atom is -0.395 e. The molecule has 1 N–H and O–H groups in total. The topological polar surface area (TPSA) is 70.5 Å². The monoisotopic (exact) mass is 284 g/mol. The van der Waals surface area contributed by atoms with Crippen molar-refractivity contribution in [3.63, 3.8) is 0 Å². The fourth-order valence-electron chi connectivity index (χ4n) is 2.97. The van der Waals surface area contributed by atoms with Gasteiger partial charge in [-0.25, -0.2) is 9.88 Å². The number of rotatable bonds is 2. The minimum absolute atomic E-state index is 0.0113. The van der Waals surface area contributed by atoms with Gasteiger partial charge in [0.15, 0.2) is 0 Å². The number of imide groups is 1. The van der Waals surface area contributed by atoms with E-state index in [4.69, 9.17) is 5.11 Å². The third-order valence-corrected chi connectivity index (χ3v) is 4.02. The van der Waals surface area contributed by atoms with Crippen molar-refractivity contribution in [3.05, 3.63) is 23.9 Å². The lowest BCUT2D eigenvalue weighted by molar-refractivity contribution is -0.133. The summed E-state index contributed by atoms with van der Waals surface area (Å²) in [5.74, 6) is 5.71. The van der Waals surface area contributed by atoms with Gasteiger partial charge in [0.2, 0.25) is 11.8 Å². The summed E-state index contributed by atoms with van der Waals surface area (Å²) in [5.41, 5.74) is 0.687. The van der Waals surface area contributed by atoms with Gasteiger partial charge in [-0.2, -0.15) is 0 Å². The van der Waals surface area contributed by atoms with Crippen molar-refractivity contribution in [1.82, 2.24) is 4.98 Å². The molecule has 5 nitrogen and oxygen atoms in total. The predicted molar refractivity (Wildman–Crippen MR) is 76.1 cm³/mol. The van der Waals surface area contributed by atoms with Crippen molar-refractivity contribution >= 4 is 17.6 Å². The van der Waals surface area contributed by atoms with E-state index in [-0.39, 0.29) is 30.3 Å². The number of amides is 2. The lowest BCUT2D eigenvalue weighted by Gasteiger charge is -2.28. The molecule has 21 heavy (non-hydrogen) atoms. The number of aliphatic hydroxyl groups excluding tert-OH is 1. The molecule has 1 aliphatic carbocycles. The number of hydrogen-bond donors (Lipinski definition) is 1. The van der Waals surface area contributed by atoms with E-state index in [9.17, 15) is 9.59 Å². The molecular weight excluding hydrogens is 268 g/mol. The molecule has 2 amide bonds. The van der Waals surface area contributed by atoms with Gasteiger partial charge >= 0.3 is 0 Å². The molecule has 1 aromatic heterocycles. The second-order valence-electron chi connectivity index (χ2n) is 5.40. The van der Waals surface area contributed by atoms with Crippen LogP contribution in [0.3, 0.4) is 0 Å². The number of nitrogens with zero attached hydrogens (tertiary/aromatic N) is 2. The second kappa shape index (κ2) is 5.66. The summed E-state index contributed by atoms with van der Waals surface area (Å²) >= 11 is 0. The SMILES string of the molecule is O=C1C2CCC(C2)C(=O)N1c1cc(C#CCCO)ccn1. The zero-order valence-corrected chi connectivity index (χ0v) is 11.6. The molecule has 1 aliphatic heterocycles. The number of carbonyl (C=O) groups is 2. The summed E-state index contributed by atoms with van der Waals surface area (Å²) in [6.07, 6.45) is 4.21. The number of piperidine rings is 1. The van der Waals surface area contributed by atoms with Crippen LogP contribution in [0.2, 0.25) is 0 Å². The fraction of sp³-hybridized carbons (Fsp3) is 0.438. The van der Waals surface area contributed by atoms with E-state index in [2.05, 4.69) is 16.8 Å². The van der Waals surface area contributed by atoms with Crippen molar-refractivity contribution in [3.8, 4) is 11.8 Å². The third-order valence-electron chi connectivity index (χ3n) is 4.02. The molecular formula is C16H16N2O3. The summed E-state index contributed by atoms with van der Waals surface area (Å²) in [4.78, 5) is 30.1. The van der Waals surface area contributed by atoms with E-state index in [1.165, 1.54) is 4.90 Å². The zero-order chi connectivity index (χ0) is 14.8. The Bertz CT molecular complexity index is 622. The maximum Gasteiger partial charge on any atom is 0.238 e. The Labute approximate surface area is 123 Å². The van der Waals surface area contributed by atoms with E-state index in [0.717, 1.165) is 12.8 Å². The number of aliphatic hydroxyl groups is 1. The molecule has 0 spiro atoms. The number of hydrogen-bond acceptors (Lipinski definition) is 4. The largest absolute Gasteiger partial charge is 0.395 e. The summed E-state index contributed by atoms with van der Waals surface area (Å²) in [6.45, 7) is 0.0113. The predicted octanol–water partition coefficient (Wildman–Crippen LogP) is 1.10. The molecule has 1 aromatic rings. The number of pyridine rings is 1. The molecule has 1 saturated carbocycles. The Hall–Kier alpha value is -2.19. The Morgan fingerprint density at radius 2 is 2.00 bits per heavy atom. The highest BCUT2D eigenvalue weighted by molar-refractivity contribution is 6.18. The molecule has 2 bridgehead atoms. The van der Waals surface area contributed by atoms with E-state index in [1.54, 1.807) is 18.3 Å². The van der Waals surface area contributed by atoms with E-state index < -0.39 is 0 Å². The first-order chi connectivity index (χ1) is 10.2. The number of carbonyl (C=O) groups excluding carboxylic acids is 2. The van der Waals surface area contributed by atoms with Crippen molar-refractivity contribution in [2.45, 2.75) is 25.7 Å². The van der Waals surface area contributed by atoms with Crippen LogP contribution in [0.25, 0.3) is 0 Å². The molecule has 3 rings (SSSR count). The van der Waals surface area contributed by atoms with Crippen LogP contribution < -0.4 is 4.90 Å². The Morgan fingerprint density at radius 3 is 2.67 bits per heavy atom. The maximum absolute atomic E-state index is 12.4. The zero-order valence-electron chi connectivity index (χ0n) is 11.6. The molecule has 2 fully saturated rings. The van der Waals surface area contributed by atoms with Gasteiger partial charge in [0.25, 0.3) is 0 Å². The van der Waals surface area contributed by atoms with Gasteiger partial charge < -0.3 is 5.11 Å². The van der Waals surface area contributed by atoms with Crippen LogP contribution in [0.5, 0.6) is 0 Å². The quantitative estimate of drug-likeness (QED) is 0.652. The maximum atomic E-state index is 12.4. The smallest absolute Gasteiger partial charge is 0.238 e. The van der Waals surface area contributed by atoms with Gasteiger partial charge in [-0.1, -0.05) is 11.8 Å². The molecule has 1 saturated heterocycles. The van der Waals surface area contributed by atoms with Gasteiger partial charge in [-0.05, 0) is 31.4 Å². The van der Waals surface area contributed by atoms with Gasteiger partial charge in [0, 0.05) is 30.0 Å². The molecule has 2 heterocycles.